The molecule has 0 fully saturated rings. The Kier molecular flexibility index (Phi) is 17.7. The van der Waals surface area contributed by atoms with Gasteiger partial charge in [-0.3, -0.25) is 9.80 Å². The lowest BCUT2D eigenvalue weighted by atomic mass is 9.92. The van der Waals surface area contributed by atoms with Gasteiger partial charge >= 0.3 is 0 Å². The van der Waals surface area contributed by atoms with Gasteiger partial charge in [0.2, 0.25) is 0 Å². The lowest BCUT2D eigenvalue weighted by molar-refractivity contribution is 0.0104. The summed E-state index contributed by atoms with van der Waals surface area (Å²) in [5, 5.41) is 39.5. The van der Waals surface area contributed by atoms with Crippen LogP contribution in [0.3, 0.4) is 0 Å². The third-order valence-corrected chi connectivity index (χ3v) is 14.1. The normalized spacial score (nSPS) is 12.1. The van der Waals surface area contributed by atoms with Gasteiger partial charge in [0.15, 0.2) is 11.6 Å². The predicted molar refractivity (Wildman–Crippen MR) is 286 cm³/mol. The van der Waals surface area contributed by atoms with Crippen LogP contribution in [0.15, 0.2) is 134 Å². The molecule has 4 aromatic carbocycles. The van der Waals surface area contributed by atoms with Crippen molar-refractivity contribution < 1.29 is 34.3 Å². The topological polar surface area (TPSA) is 166 Å². The van der Waals surface area contributed by atoms with Crippen LogP contribution in [0.1, 0.15) is 58.4 Å². The van der Waals surface area contributed by atoms with Gasteiger partial charge in [0.1, 0.15) is 49.4 Å². The summed E-state index contributed by atoms with van der Waals surface area (Å²) in [6.07, 6.45) is 10.6. The molecule has 0 aliphatic carbocycles. The lowest BCUT2D eigenvalue weighted by Gasteiger charge is -2.36. The van der Waals surface area contributed by atoms with E-state index in [2.05, 4.69) is 52.2 Å². The summed E-state index contributed by atoms with van der Waals surface area (Å²) >= 11 is 13.9. The largest absolute Gasteiger partial charge is 0.488 e. The van der Waals surface area contributed by atoms with Gasteiger partial charge < -0.3 is 34.3 Å². The first-order valence-electron chi connectivity index (χ1n) is 24.2. The zero-order valence-electron chi connectivity index (χ0n) is 42.5. The molecule has 17 heteroatoms. The number of rotatable bonds is 24. The maximum Gasteiger partial charge on any atom is 0.153 e. The molecule has 1 unspecified atom stereocenters. The Morgan fingerprint density at radius 3 is 1.45 bits per heavy atom. The zero-order chi connectivity index (χ0) is 52.4. The Morgan fingerprint density at radius 1 is 0.581 bits per heavy atom. The van der Waals surface area contributed by atoms with Crippen molar-refractivity contribution in [2.45, 2.75) is 78.8 Å². The molecule has 1 atom stereocenters. The third-order valence-electron chi connectivity index (χ3n) is 13.5. The van der Waals surface area contributed by atoms with E-state index in [1.54, 1.807) is 47.1 Å². The number of benzene rings is 4. The molecular weight excluding hydrogens is 980 g/mol. The molecule has 0 aliphatic rings. The number of pyridine rings is 2. The molecule has 4 aromatic heterocycles. The third kappa shape index (κ3) is 12.7. The number of aromatic nitrogens is 6. The Bertz CT molecular complexity index is 3100. The van der Waals surface area contributed by atoms with Crippen LogP contribution in [0.4, 0.5) is 0 Å². The fraction of sp³-hybridized carbons (Fsp3) is 0.298. The molecule has 0 radical (unpaired) electrons. The van der Waals surface area contributed by atoms with Crippen LogP contribution in [0.25, 0.3) is 22.8 Å². The predicted octanol–water partition coefficient (Wildman–Crippen LogP) is 9.74. The van der Waals surface area contributed by atoms with Crippen LogP contribution in [0.5, 0.6) is 23.0 Å². The van der Waals surface area contributed by atoms with Crippen molar-refractivity contribution in [3.63, 3.8) is 0 Å². The number of aliphatic hydroxyl groups is 3. The number of aliphatic hydroxyl groups excluding tert-OH is 3. The van der Waals surface area contributed by atoms with Gasteiger partial charge in [-0.2, -0.15) is 10.2 Å². The van der Waals surface area contributed by atoms with Crippen molar-refractivity contribution in [1.82, 2.24) is 39.3 Å². The molecule has 15 nitrogen and oxygen atoms in total. The van der Waals surface area contributed by atoms with Crippen molar-refractivity contribution in [2.24, 2.45) is 0 Å². The maximum absolute atomic E-state index is 10.1. The van der Waals surface area contributed by atoms with Gasteiger partial charge in [0.25, 0.3) is 0 Å². The summed E-state index contributed by atoms with van der Waals surface area (Å²) in [7, 11) is 3.78. The summed E-state index contributed by atoms with van der Waals surface area (Å²) in [5.41, 5.74) is 8.60. The average molecular weight is 1040 g/mol. The Morgan fingerprint density at radius 2 is 1.04 bits per heavy atom. The summed E-state index contributed by atoms with van der Waals surface area (Å²) in [6, 6.07) is 30.9. The van der Waals surface area contributed by atoms with Gasteiger partial charge in [-0.05, 0) is 112 Å². The SMILES string of the molecule is Cc1c(COc2cc(OCc3ccc(-n4cccn4)nc3)c(CN(C)C(C)CO)cc2Cl)cccc1-c1cccc(COc2cc(OCc3ccc(-n4cccn4)nc3)c(CN(C)C(C)(CO)CO)cc2Cl)c1C. The van der Waals surface area contributed by atoms with Crippen molar-refractivity contribution in [2.75, 3.05) is 33.9 Å². The van der Waals surface area contributed by atoms with Crippen molar-refractivity contribution in [1.29, 1.82) is 0 Å². The van der Waals surface area contributed by atoms with E-state index in [0.29, 0.717) is 57.8 Å². The quantitative estimate of drug-likeness (QED) is 0.0524. The first kappa shape index (κ1) is 53.5. The number of nitrogens with zero attached hydrogens (tertiary/aromatic N) is 8. The number of halogens is 2. The average Bonchev–Trinajstić information content (AvgIpc) is 4.17. The highest BCUT2D eigenvalue weighted by molar-refractivity contribution is 6.32. The van der Waals surface area contributed by atoms with Gasteiger partial charge in [0, 0.05) is 90.7 Å². The van der Waals surface area contributed by atoms with E-state index in [-0.39, 0.29) is 52.3 Å². The lowest BCUT2D eigenvalue weighted by Crippen LogP contribution is -2.49. The number of likely N-dealkylation sites (N-methyl/N-ethyl adjacent to an activating group) is 2. The zero-order valence-corrected chi connectivity index (χ0v) is 44.0. The second-order valence-corrected chi connectivity index (χ2v) is 19.5. The molecule has 8 aromatic rings. The molecule has 74 heavy (non-hydrogen) atoms. The van der Waals surface area contributed by atoms with Crippen LogP contribution >= 0.6 is 23.2 Å². The molecule has 0 amide bonds. The van der Waals surface area contributed by atoms with E-state index in [1.807, 2.05) is 116 Å². The smallest absolute Gasteiger partial charge is 0.153 e. The molecule has 3 N–H and O–H groups in total. The highest BCUT2D eigenvalue weighted by Gasteiger charge is 2.29. The Hall–Kier alpha value is -6.82. The molecule has 0 saturated carbocycles. The summed E-state index contributed by atoms with van der Waals surface area (Å²) in [5.74, 6) is 3.46. The van der Waals surface area contributed by atoms with Gasteiger partial charge in [0.05, 0.1) is 35.4 Å². The number of ether oxygens (including phenoxy) is 4. The van der Waals surface area contributed by atoms with Gasteiger partial charge in [-0.1, -0.05) is 71.7 Å². The molecule has 0 bridgehead atoms. The Labute approximate surface area is 442 Å². The van der Waals surface area contributed by atoms with Crippen LogP contribution in [-0.4, -0.2) is 100 Å². The minimum atomic E-state index is -0.883. The number of hydrogen-bond donors (Lipinski definition) is 3. The van der Waals surface area contributed by atoms with E-state index >= 15 is 0 Å². The first-order valence-corrected chi connectivity index (χ1v) is 25.0. The molecule has 0 spiro atoms. The molecule has 4 heterocycles. The van der Waals surface area contributed by atoms with Crippen molar-refractivity contribution in [3.8, 4) is 45.8 Å². The standard InChI is InChI=1S/C57H62Cl2N8O7/c1-38(31-68)64(5)29-45-23-49(58)53(25-51(45)71-32-41-15-17-55(60-27-41)66-21-9-19-62-66)73-34-43-11-7-13-47(39(43)2)48-14-8-12-44(40(48)3)35-74-54-26-52(46(24-50(54)59)30-65(6)57(4,36-69)37-70)72-33-42-16-18-56(61-28-42)67-22-10-20-63-67/h7-28,38,68-70H,29-37H2,1-6H3. The second kappa shape index (κ2) is 24.5. The van der Waals surface area contributed by atoms with E-state index in [9.17, 15) is 15.3 Å². The summed E-state index contributed by atoms with van der Waals surface area (Å²) < 4.78 is 29.3. The summed E-state index contributed by atoms with van der Waals surface area (Å²) in [4.78, 5) is 13.0. The van der Waals surface area contributed by atoms with Crippen LogP contribution in [0, 0.1) is 13.8 Å². The Balaban J connectivity index is 0.985. The molecule has 8 rings (SSSR count). The van der Waals surface area contributed by atoms with Crippen LogP contribution in [0.2, 0.25) is 10.0 Å². The van der Waals surface area contributed by atoms with Crippen LogP contribution in [-0.2, 0) is 39.5 Å². The fourth-order valence-corrected chi connectivity index (χ4v) is 8.65. The van der Waals surface area contributed by atoms with E-state index < -0.39 is 5.54 Å². The van der Waals surface area contributed by atoms with E-state index in [1.165, 1.54) is 0 Å². The van der Waals surface area contributed by atoms with E-state index in [0.717, 1.165) is 55.6 Å². The highest BCUT2D eigenvalue weighted by atomic mass is 35.5. The number of hydrogen-bond acceptors (Lipinski definition) is 13. The molecule has 386 valence electrons. The van der Waals surface area contributed by atoms with Crippen molar-refractivity contribution in [3.05, 3.63) is 189 Å². The first-order chi connectivity index (χ1) is 35.8. The monoisotopic (exact) mass is 1040 g/mol. The van der Waals surface area contributed by atoms with E-state index in [4.69, 9.17) is 42.1 Å². The molecular formula is C57H62Cl2N8O7. The second-order valence-electron chi connectivity index (χ2n) is 18.7. The fourth-order valence-electron chi connectivity index (χ4n) is 8.17. The minimum absolute atomic E-state index is 0.00992. The van der Waals surface area contributed by atoms with Crippen LogP contribution < -0.4 is 18.9 Å². The van der Waals surface area contributed by atoms with Gasteiger partial charge in [-0.25, -0.2) is 19.3 Å². The molecule has 0 aliphatic heterocycles. The minimum Gasteiger partial charge on any atom is -0.488 e. The maximum atomic E-state index is 10.1. The van der Waals surface area contributed by atoms with Gasteiger partial charge in [-0.15, -0.1) is 0 Å². The highest BCUT2D eigenvalue weighted by Crippen LogP contribution is 2.38. The summed E-state index contributed by atoms with van der Waals surface area (Å²) in [6.45, 7) is 9.22. The van der Waals surface area contributed by atoms with Crippen molar-refractivity contribution >= 4 is 23.2 Å². The molecule has 0 saturated heterocycles.